The summed E-state index contributed by atoms with van der Waals surface area (Å²) >= 11 is 5.95. The van der Waals surface area contributed by atoms with E-state index < -0.39 is 0 Å². The van der Waals surface area contributed by atoms with E-state index in [0.717, 1.165) is 5.52 Å². The maximum atomic E-state index is 13.4. The maximum absolute atomic E-state index is 13.4. The first kappa shape index (κ1) is 9.54. The Morgan fingerprint density at radius 1 is 1.38 bits per heavy atom. The minimum absolute atomic E-state index is 0.278. The molecule has 0 bridgehead atoms. The summed E-state index contributed by atoms with van der Waals surface area (Å²) in [5.41, 5.74) is 2.49. The molecule has 0 saturated carbocycles. The van der Waals surface area contributed by atoms with Crippen LogP contribution in [0.5, 0.6) is 0 Å². The van der Waals surface area contributed by atoms with Gasteiger partial charge in [-0.1, -0.05) is 11.6 Å². The van der Waals surface area contributed by atoms with E-state index in [0.29, 0.717) is 16.7 Å². The number of fused-ring (bicyclic) bond motifs is 3. The highest BCUT2D eigenvalue weighted by atomic mass is 35.5. The number of aryl methyl sites for hydroxylation is 1. The Morgan fingerprint density at radius 2 is 2.19 bits per heavy atom. The van der Waals surface area contributed by atoms with Crippen molar-refractivity contribution in [2.75, 3.05) is 0 Å². The first-order valence-corrected chi connectivity index (χ1v) is 5.13. The van der Waals surface area contributed by atoms with Gasteiger partial charge in [0.2, 0.25) is 0 Å². The van der Waals surface area contributed by atoms with Crippen LogP contribution in [-0.4, -0.2) is 14.4 Å². The van der Waals surface area contributed by atoms with Crippen LogP contribution < -0.4 is 0 Å². The van der Waals surface area contributed by atoms with Crippen molar-refractivity contribution < 1.29 is 4.39 Å². The number of imidazole rings is 1. The van der Waals surface area contributed by atoms with Crippen molar-refractivity contribution in [3.8, 4) is 0 Å². The fourth-order valence-electron chi connectivity index (χ4n) is 1.74. The van der Waals surface area contributed by atoms with Gasteiger partial charge in [0.1, 0.15) is 5.82 Å². The van der Waals surface area contributed by atoms with E-state index in [4.69, 9.17) is 11.6 Å². The van der Waals surface area contributed by atoms with Gasteiger partial charge in [0.25, 0.3) is 0 Å². The maximum Gasteiger partial charge on any atom is 0.175 e. The van der Waals surface area contributed by atoms with Crippen molar-refractivity contribution >= 4 is 28.3 Å². The monoisotopic (exact) mass is 235 g/mol. The molecule has 0 N–H and O–H groups in total. The standard InChI is InChI=1S/C11H7ClFN3/c1-6-4-9-8(5-7(6)13)15-10(12)11-14-2-3-16(9)11/h2-5H,1H3. The summed E-state index contributed by atoms with van der Waals surface area (Å²) in [5.74, 6) is -0.282. The molecule has 3 nitrogen and oxygen atoms in total. The molecule has 0 radical (unpaired) electrons. The van der Waals surface area contributed by atoms with Gasteiger partial charge in [-0.2, -0.15) is 0 Å². The lowest BCUT2D eigenvalue weighted by Gasteiger charge is -2.05. The van der Waals surface area contributed by atoms with Gasteiger partial charge in [0, 0.05) is 18.5 Å². The lowest BCUT2D eigenvalue weighted by Crippen LogP contribution is -1.94. The molecule has 1 aromatic carbocycles. The smallest absolute Gasteiger partial charge is 0.175 e. The molecule has 16 heavy (non-hydrogen) atoms. The summed E-state index contributed by atoms with van der Waals surface area (Å²) in [6, 6.07) is 3.12. The fraction of sp³-hybridized carbons (Fsp3) is 0.0909. The van der Waals surface area contributed by atoms with E-state index in [2.05, 4.69) is 9.97 Å². The largest absolute Gasteiger partial charge is 0.296 e. The molecule has 0 aliphatic heterocycles. The summed E-state index contributed by atoms with van der Waals surface area (Å²) in [6.45, 7) is 1.71. The van der Waals surface area contributed by atoms with Gasteiger partial charge in [0.05, 0.1) is 11.0 Å². The number of aromatic nitrogens is 3. The second-order valence-electron chi connectivity index (χ2n) is 3.61. The average molecular weight is 236 g/mol. The van der Waals surface area contributed by atoms with E-state index in [1.807, 2.05) is 0 Å². The van der Waals surface area contributed by atoms with Crippen molar-refractivity contribution in [1.82, 2.24) is 14.4 Å². The molecule has 3 rings (SSSR count). The molecule has 2 aromatic heterocycles. The van der Waals surface area contributed by atoms with Crippen molar-refractivity contribution in [3.63, 3.8) is 0 Å². The van der Waals surface area contributed by atoms with Crippen molar-refractivity contribution in [3.05, 3.63) is 41.1 Å². The molecule has 2 heterocycles. The molecule has 0 saturated heterocycles. The number of halogens is 2. The molecule has 0 aliphatic carbocycles. The SMILES string of the molecule is Cc1cc2c(cc1F)nc(Cl)c1nccn12. The highest BCUT2D eigenvalue weighted by Crippen LogP contribution is 2.22. The topological polar surface area (TPSA) is 30.2 Å². The normalized spacial score (nSPS) is 11.4. The third kappa shape index (κ3) is 1.20. The van der Waals surface area contributed by atoms with Crippen molar-refractivity contribution in [2.45, 2.75) is 6.92 Å². The molecule has 80 valence electrons. The van der Waals surface area contributed by atoms with Crippen molar-refractivity contribution in [2.24, 2.45) is 0 Å². The number of rotatable bonds is 0. The third-order valence-corrected chi connectivity index (χ3v) is 2.81. The minimum Gasteiger partial charge on any atom is -0.296 e. The summed E-state index contributed by atoms with van der Waals surface area (Å²) in [4.78, 5) is 8.22. The summed E-state index contributed by atoms with van der Waals surface area (Å²) in [7, 11) is 0. The van der Waals surface area contributed by atoms with Gasteiger partial charge in [-0.25, -0.2) is 14.4 Å². The van der Waals surface area contributed by atoms with Gasteiger partial charge in [-0.05, 0) is 18.6 Å². The Bertz CT molecular complexity index is 705. The Kier molecular flexibility index (Phi) is 1.88. The highest BCUT2D eigenvalue weighted by molar-refractivity contribution is 6.32. The number of hydrogen-bond donors (Lipinski definition) is 0. The molecular formula is C11H7ClFN3. The first-order valence-electron chi connectivity index (χ1n) is 4.75. The second kappa shape index (κ2) is 3.15. The summed E-state index contributed by atoms with van der Waals surface area (Å²) < 4.78 is 15.2. The van der Waals surface area contributed by atoms with Crippen LogP contribution >= 0.6 is 11.6 Å². The molecular weight excluding hydrogens is 229 g/mol. The molecule has 5 heteroatoms. The Hall–Kier alpha value is -1.68. The van der Waals surface area contributed by atoms with Gasteiger partial charge in [-0.3, -0.25) is 4.40 Å². The predicted octanol–water partition coefficient (Wildman–Crippen LogP) is 2.98. The minimum atomic E-state index is -0.282. The fourth-order valence-corrected chi connectivity index (χ4v) is 1.98. The van der Waals surface area contributed by atoms with Crippen LogP contribution in [0.15, 0.2) is 24.5 Å². The Labute approximate surface area is 95.5 Å². The van der Waals surface area contributed by atoms with E-state index in [9.17, 15) is 4.39 Å². The molecule has 0 aliphatic rings. The second-order valence-corrected chi connectivity index (χ2v) is 3.97. The molecule has 0 atom stereocenters. The first-order chi connectivity index (χ1) is 7.66. The van der Waals surface area contributed by atoms with Crippen LogP contribution in [-0.2, 0) is 0 Å². The van der Waals surface area contributed by atoms with Crippen LogP contribution in [0.4, 0.5) is 4.39 Å². The lowest BCUT2D eigenvalue weighted by atomic mass is 10.2. The molecule has 0 unspecified atom stereocenters. The molecule has 0 amide bonds. The molecule has 3 aromatic rings. The quantitative estimate of drug-likeness (QED) is 0.600. The van der Waals surface area contributed by atoms with Crippen LogP contribution in [0, 0.1) is 12.7 Å². The summed E-state index contributed by atoms with van der Waals surface area (Å²) in [6.07, 6.45) is 3.42. The van der Waals surface area contributed by atoms with E-state index in [-0.39, 0.29) is 11.0 Å². The number of nitrogens with zero attached hydrogens (tertiary/aromatic N) is 3. The van der Waals surface area contributed by atoms with Crippen LogP contribution in [0.3, 0.4) is 0 Å². The van der Waals surface area contributed by atoms with Crippen LogP contribution in [0.2, 0.25) is 5.15 Å². The van der Waals surface area contributed by atoms with Crippen LogP contribution in [0.25, 0.3) is 16.7 Å². The molecule has 0 fully saturated rings. The zero-order chi connectivity index (χ0) is 11.3. The number of benzene rings is 1. The van der Waals surface area contributed by atoms with E-state index >= 15 is 0 Å². The average Bonchev–Trinajstić information content (AvgIpc) is 2.71. The van der Waals surface area contributed by atoms with Crippen molar-refractivity contribution in [1.29, 1.82) is 0 Å². The number of hydrogen-bond acceptors (Lipinski definition) is 2. The van der Waals surface area contributed by atoms with E-state index in [1.165, 1.54) is 6.07 Å². The summed E-state index contributed by atoms with van der Waals surface area (Å²) in [5, 5.41) is 0.278. The molecule has 0 spiro atoms. The highest BCUT2D eigenvalue weighted by Gasteiger charge is 2.09. The van der Waals surface area contributed by atoms with Gasteiger partial charge in [-0.15, -0.1) is 0 Å². The zero-order valence-electron chi connectivity index (χ0n) is 8.41. The van der Waals surface area contributed by atoms with Crippen LogP contribution in [0.1, 0.15) is 5.56 Å². The van der Waals surface area contributed by atoms with Gasteiger partial charge < -0.3 is 0 Å². The Morgan fingerprint density at radius 3 is 3.00 bits per heavy atom. The van der Waals surface area contributed by atoms with Gasteiger partial charge >= 0.3 is 0 Å². The zero-order valence-corrected chi connectivity index (χ0v) is 9.16. The van der Waals surface area contributed by atoms with E-state index in [1.54, 1.807) is 29.8 Å². The lowest BCUT2D eigenvalue weighted by molar-refractivity contribution is 0.620. The Balaban J connectivity index is 2.59. The predicted molar refractivity (Wildman–Crippen MR) is 60.2 cm³/mol. The van der Waals surface area contributed by atoms with Gasteiger partial charge in [0.15, 0.2) is 10.8 Å². The third-order valence-electron chi connectivity index (χ3n) is 2.56.